The summed E-state index contributed by atoms with van der Waals surface area (Å²) in [6.45, 7) is 1.18. The first-order valence-corrected chi connectivity index (χ1v) is 4.51. The Labute approximate surface area is 81.5 Å². The quantitative estimate of drug-likeness (QED) is 0.733. The fourth-order valence-electron chi connectivity index (χ4n) is 1.33. The first-order valence-electron chi connectivity index (χ1n) is 4.51. The Bertz CT molecular complexity index is 315. The fraction of sp³-hybridized carbons (Fsp3) is 0.444. The van der Waals surface area contributed by atoms with Gasteiger partial charge in [0, 0.05) is 31.3 Å². The van der Waals surface area contributed by atoms with E-state index in [2.05, 4.69) is 15.3 Å². The minimum Gasteiger partial charge on any atom is -0.463 e. The Balaban J connectivity index is 1.80. The molecule has 0 spiro atoms. The number of rotatable bonds is 3. The third-order valence-corrected chi connectivity index (χ3v) is 2.05. The van der Waals surface area contributed by atoms with Gasteiger partial charge in [-0.2, -0.15) is 0 Å². The smallest absolute Gasteiger partial charge is 0.316 e. The SMILES string of the molecule is O=C1CC(COc2ncccn2)CN1. The van der Waals surface area contributed by atoms with Crippen LogP contribution in [0.2, 0.25) is 0 Å². The van der Waals surface area contributed by atoms with E-state index in [1.165, 1.54) is 0 Å². The van der Waals surface area contributed by atoms with Crippen LogP contribution in [-0.2, 0) is 4.79 Å². The average Bonchev–Trinajstić information content (AvgIpc) is 2.63. The molecule has 2 rings (SSSR count). The molecule has 5 heteroatoms. The van der Waals surface area contributed by atoms with Gasteiger partial charge in [0.1, 0.15) is 0 Å². The van der Waals surface area contributed by atoms with E-state index in [9.17, 15) is 4.79 Å². The van der Waals surface area contributed by atoms with E-state index in [0.717, 1.165) is 0 Å². The van der Waals surface area contributed by atoms with Crippen LogP contribution in [0.15, 0.2) is 18.5 Å². The van der Waals surface area contributed by atoms with Crippen LogP contribution in [0.25, 0.3) is 0 Å². The second kappa shape index (κ2) is 4.04. The van der Waals surface area contributed by atoms with Crippen molar-refractivity contribution in [3.05, 3.63) is 18.5 Å². The molecule has 2 heterocycles. The molecule has 1 aromatic rings. The van der Waals surface area contributed by atoms with E-state index in [0.29, 0.717) is 25.6 Å². The number of aromatic nitrogens is 2. The second-order valence-electron chi connectivity index (χ2n) is 3.22. The maximum atomic E-state index is 10.9. The van der Waals surface area contributed by atoms with Gasteiger partial charge in [-0.1, -0.05) is 0 Å². The van der Waals surface area contributed by atoms with Crippen LogP contribution in [0.4, 0.5) is 0 Å². The van der Waals surface area contributed by atoms with Crippen molar-refractivity contribution in [2.75, 3.05) is 13.2 Å². The fourth-order valence-corrected chi connectivity index (χ4v) is 1.33. The number of nitrogens with one attached hydrogen (secondary N) is 1. The standard InChI is InChI=1S/C9H11N3O2/c13-8-4-7(5-12-8)6-14-9-10-2-1-3-11-9/h1-3,7H,4-6H2,(H,12,13). The molecule has 0 saturated carbocycles. The summed E-state index contributed by atoms with van der Waals surface area (Å²) >= 11 is 0. The summed E-state index contributed by atoms with van der Waals surface area (Å²) in [6, 6.07) is 2.10. The van der Waals surface area contributed by atoms with E-state index < -0.39 is 0 Å². The third-order valence-electron chi connectivity index (χ3n) is 2.05. The van der Waals surface area contributed by atoms with Gasteiger partial charge in [0.05, 0.1) is 6.61 Å². The van der Waals surface area contributed by atoms with Gasteiger partial charge in [-0.15, -0.1) is 0 Å². The van der Waals surface area contributed by atoms with Crippen molar-refractivity contribution in [2.45, 2.75) is 6.42 Å². The first-order chi connectivity index (χ1) is 6.84. The molecule has 1 amide bonds. The van der Waals surface area contributed by atoms with Gasteiger partial charge in [-0.25, -0.2) is 9.97 Å². The minimum atomic E-state index is 0.0904. The van der Waals surface area contributed by atoms with Crippen LogP contribution in [-0.4, -0.2) is 29.0 Å². The lowest BCUT2D eigenvalue weighted by Gasteiger charge is -2.07. The molecular weight excluding hydrogens is 182 g/mol. The van der Waals surface area contributed by atoms with E-state index in [4.69, 9.17) is 4.74 Å². The van der Waals surface area contributed by atoms with Crippen molar-refractivity contribution in [3.63, 3.8) is 0 Å². The van der Waals surface area contributed by atoms with Crippen molar-refractivity contribution in [1.29, 1.82) is 0 Å². The number of hydrogen-bond acceptors (Lipinski definition) is 4. The maximum Gasteiger partial charge on any atom is 0.316 e. The summed E-state index contributed by atoms with van der Waals surface area (Å²) in [6.07, 6.45) is 3.79. The molecule has 0 aliphatic carbocycles. The molecular formula is C9H11N3O2. The van der Waals surface area contributed by atoms with Crippen LogP contribution in [0.1, 0.15) is 6.42 Å². The predicted octanol–water partition coefficient (Wildman–Crippen LogP) is -0.00850. The van der Waals surface area contributed by atoms with Crippen molar-refractivity contribution >= 4 is 5.91 Å². The van der Waals surface area contributed by atoms with Crippen LogP contribution in [0, 0.1) is 5.92 Å². The molecule has 14 heavy (non-hydrogen) atoms. The van der Waals surface area contributed by atoms with Crippen LogP contribution in [0.5, 0.6) is 6.01 Å². The molecule has 0 radical (unpaired) electrons. The van der Waals surface area contributed by atoms with Gasteiger partial charge in [0.15, 0.2) is 0 Å². The van der Waals surface area contributed by atoms with Gasteiger partial charge in [-0.05, 0) is 6.07 Å². The number of carbonyl (C=O) groups excluding carboxylic acids is 1. The van der Waals surface area contributed by atoms with E-state index in [-0.39, 0.29) is 11.8 Å². The number of carbonyl (C=O) groups is 1. The highest BCUT2D eigenvalue weighted by atomic mass is 16.5. The summed E-state index contributed by atoms with van der Waals surface area (Å²) < 4.78 is 5.32. The molecule has 5 nitrogen and oxygen atoms in total. The van der Waals surface area contributed by atoms with Gasteiger partial charge in [0.25, 0.3) is 0 Å². The van der Waals surface area contributed by atoms with Crippen LogP contribution >= 0.6 is 0 Å². The Morgan fingerprint density at radius 3 is 2.93 bits per heavy atom. The molecule has 1 fully saturated rings. The van der Waals surface area contributed by atoms with Gasteiger partial charge < -0.3 is 10.1 Å². The minimum absolute atomic E-state index is 0.0904. The normalized spacial score (nSPS) is 20.6. The van der Waals surface area contributed by atoms with Crippen molar-refractivity contribution < 1.29 is 9.53 Å². The molecule has 1 unspecified atom stereocenters. The molecule has 0 bridgehead atoms. The van der Waals surface area contributed by atoms with E-state index in [1.807, 2.05) is 0 Å². The summed E-state index contributed by atoms with van der Waals surface area (Å²) in [5.41, 5.74) is 0. The molecule has 1 atom stereocenters. The van der Waals surface area contributed by atoms with Crippen molar-refractivity contribution in [2.24, 2.45) is 5.92 Å². The number of ether oxygens (including phenoxy) is 1. The molecule has 1 saturated heterocycles. The lowest BCUT2D eigenvalue weighted by Crippen LogP contribution is -2.17. The Kier molecular flexibility index (Phi) is 2.58. The van der Waals surface area contributed by atoms with E-state index >= 15 is 0 Å². The summed E-state index contributed by atoms with van der Waals surface area (Å²) in [5.74, 6) is 0.332. The van der Waals surface area contributed by atoms with Crippen molar-refractivity contribution in [1.82, 2.24) is 15.3 Å². The molecule has 1 aliphatic heterocycles. The summed E-state index contributed by atoms with van der Waals surface area (Å²) in [4.78, 5) is 18.7. The highest BCUT2D eigenvalue weighted by Gasteiger charge is 2.21. The third kappa shape index (κ3) is 2.18. The lowest BCUT2D eigenvalue weighted by atomic mass is 10.1. The monoisotopic (exact) mass is 193 g/mol. The predicted molar refractivity (Wildman–Crippen MR) is 48.6 cm³/mol. The van der Waals surface area contributed by atoms with Crippen LogP contribution in [0.3, 0.4) is 0 Å². The van der Waals surface area contributed by atoms with Crippen LogP contribution < -0.4 is 10.1 Å². The van der Waals surface area contributed by atoms with Gasteiger partial charge >= 0.3 is 6.01 Å². The zero-order valence-corrected chi connectivity index (χ0v) is 7.64. The maximum absolute atomic E-state index is 10.9. The zero-order chi connectivity index (χ0) is 9.80. The highest BCUT2D eigenvalue weighted by molar-refractivity contribution is 5.78. The Morgan fingerprint density at radius 1 is 1.50 bits per heavy atom. The van der Waals surface area contributed by atoms with Crippen molar-refractivity contribution in [3.8, 4) is 6.01 Å². The summed E-state index contributed by atoms with van der Waals surface area (Å²) in [5, 5.41) is 2.75. The zero-order valence-electron chi connectivity index (χ0n) is 7.64. The first kappa shape index (κ1) is 8.93. The van der Waals surface area contributed by atoms with Gasteiger partial charge in [0.2, 0.25) is 5.91 Å². The molecule has 1 aromatic heterocycles. The second-order valence-corrected chi connectivity index (χ2v) is 3.22. The van der Waals surface area contributed by atoms with Gasteiger partial charge in [-0.3, -0.25) is 4.79 Å². The largest absolute Gasteiger partial charge is 0.463 e. The number of amides is 1. The average molecular weight is 193 g/mol. The molecule has 1 aliphatic rings. The Morgan fingerprint density at radius 2 is 2.29 bits per heavy atom. The van der Waals surface area contributed by atoms with E-state index in [1.54, 1.807) is 18.5 Å². The molecule has 1 N–H and O–H groups in total. The number of hydrogen-bond donors (Lipinski definition) is 1. The number of nitrogens with zero attached hydrogens (tertiary/aromatic N) is 2. The Hall–Kier alpha value is -1.65. The molecule has 74 valence electrons. The topological polar surface area (TPSA) is 64.1 Å². The summed E-state index contributed by atoms with van der Waals surface area (Å²) in [7, 11) is 0. The molecule has 0 aromatic carbocycles. The lowest BCUT2D eigenvalue weighted by molar-refractivity contribution is -0.119. The highest BCUT2D eigenvalue weighted by Crippen LogP contribution is 2.10.